The summed E-state index contributed by atoms with van der Waals surface area (Å²) in [5.41, 5.74) is 0.666. The number of likely N-dealkylation sites (N-methyl/N-ethyl adjacent to an activating group) is 1. The van der Waals surface area contributed by atoms with Crippen molar-refractivity contribution in [1.29, 1.82) is 0 Å². The predicted octanol–water partition coefficient (Wildman–Crippen LogP) is 2.58. The van der Waals surface area contributed by atoms with Crippen LogP contribution in [0.1, 0.15) is 31.9 Å². The third-order valence-electron chi connectivity index (χ3n) is 4.02. The molecule has 106 valence electrons. The van der Waals surface area contributed by atoms with Crippen LogP contribution in [0.2, 0.25) is 0 Å². The number of ether oxygens (including phenoxy) is 1. The first-order valence-corrected chi connectivity index (χ1v) is 6.97. The third-order valence-corrected chi connectivity index (χ3v) is 4.02. The molecule has 1 heterocycles. The Morgan fingerprint density at radius 3 is 2.89 bits per heavy atom. The van der Waals surface area contributed by atoms with Gasteiger partial charge in [-0.1, -0.05) is 13.0 Å². The number of hydrogen-bond donors (Lipinski definition) is 1. The first-order valence-electron chi connectivity index (χ1n) is 6.97. The lowest BCUT2D eigenvalue weighted by molar-refractivity contribution is 0.157. The fourth-order valence-electron chi connectivity index (χ4n) is 3.04. The molecule has 1 aromatic carbocycles. The quantitative estimate of drug-likeness (QED) is 0.886. The molecular formula is C15H23FN2O. The summed E-state index contributed by atoms with van der Waals surface area (Å²) in [7, 11) is 1.60. The normalized spacial score (nSPS) is 20.8. The number of hydrogen-bond acceptors (Lipinski definition) is 3. The van der Waals surface area contributed by atoms with E-state index in [0.29, 0.717) is 17.4 Å². The van der Waals surface area contributed by atoms with Crippen molar-refractivity contribution in [2.45, 2.75) is 32.4 Å². The van der Waals surface area contributed by atoms with Crippen LogP contribution in [0.3, 0.4) is 0 Å². The molecule has 1 N–H and O–H groups in total. The lowest BCUT2D eigenvalue weighted by Gasteiger charge is -2.34. The van der Waals surface area contributed by atoms with Gasteiger partial charge in [0.05, 0.1) is 7.11 Å². The van der Waals surface area contributed by atoms with E-state index in [1.54, 1.807) is 13.2 Å². The summed E-state index contributed by atoms with van der Waals surface area (Å²) in [6.07, 6.45) is 1.12. The average molecular weight is 266 g/mol. The summed E-state index contributed by atoms with van der Waals surface area (Å²) < 4.78 is 19.5. The van der Waals surface area contributed by atoms with Crippen LogP contribution in [-0.4, -0.2) is 37.7 Å². The van der Waals surface area contributed by atoms with E-state index in [1.807, 2.05) is 6.07 Å². The molecule has 0 spiro atoms. The smallest absolute Gasteiger partial charge is 0.131 e. The van der Waals surface area contributed by atoms with Crippen molar-refractivity contribution in [2.75, 3.05) is 26.7 Å². The summed E-state index contributed by atoms with van der Waals surface area (Å²) in [5.74, 6) is 0.452. The second-order valence-electron chi connectivity index (χ2n) is 5.01. The molecule has 2 rings (SSSR count). The molecule has 1 aliphatic heterocycles. The molecule has 0 radical (unpaired) electrons. The minimum atomic E-state index is -0.184. The minimum absolute atomic E-state index is 0.0195. The predicted molar refractivity (Wildman–Crippen MR) is 75.0 cm³/mol. The first-order chi connectivity index (χ1) is 9.19. The van der Waals surface area contributed by atoms with E-state index in [0.717, 1.165) is 26.1 Å². The molecule has 1 aliphatic rings. The van der Waals surface area contributed by atoms with Gasteiger partial charge in [-0.05, 0) is 38.6 Å². The lowest BCUT2D eigenvalue weighted by atomic mass is 10.0. The Kier molecular flexibility index (Phi) is 4.77. The van der Waals surface area contributed by atoms with E-state index in [2.05, 4.69) is 24.1 Å². The molecule has 4 heteroatoms. The number of halogens is 1. The van der Waals surface area contributed by atoms with Crippen LogP contribution in [0.25, 0.3) is 0 Å². The molecule has 0 aromatic heterocycles. The van der Waals surface area contributed by atoms with E-state index in [4.69, 9.17) is 4.74 Å². The fourth-order valence-corrected chi connectivity index (χ4v) is 3.04. The topological polar surface area (TPSA) is 24.5 Å². The summed E-state index contributed by atoms with van der Waals surface area (Å²) in [6.45, 7) is 7.12. The summed E-state index contributed by atoms with van der Waals surface area (Å²) in [5, 5.41) is 3.37. The van der Waals surface area contributed by atoms with Gasteiger partial charge in [-0.2, -0.15) is 0 Å². The molecule has 0 aliphatic carbocycles. The monoisotopic (exact) mass is 266 g/mol. The molecule has 0 amide bonds. The zero-order chi connectivity index (χ0) is 13.8. The van der Waals surface area contributed by atoms with E-state index in [9.17, 15) is 4.39 Å². The zero-order valence-corrected chi connectivity index (χ0v) is 11.9. The number of nitrogens with one attached hydrogen (secondary N) is 1. The first kappa shape index (κ1) is 14.3. The minimum Gasteiger partial charge on any atom is -0.496 e. The maximum atomic E-state index is 14.1. The van der Waals surface area contributed by atoms with Gasteiger partial charge in [-0.25, -0.2) is 4.39 Å². The second kappa shape index (κ2) is 6.35. The Hall–Kier alpha value is -1.13. The van der Waals surface area contributed by atoms with Gasteiger partial charge in [0.15, 0.2) is 0 Å². The molecule has 3 nitrogen and oxygen atoms in total. The molecule has 19 heavy (non-hydrogen) atoms. The van der Waals surface area contributed by atoms with E-state index in [1.165, 1.54) is 6.07 Å². The van der Waals surface area contributed by atoms with Gasteiger partial charge in [0.2, 0.25) is 0 Å². The van der Waals surface area contributed by atoms with E-state index in [-0.39, 0.29) is 11.9 Å². The second-order valence-corrected chi connectivity index (χ2v) is 5.01. The largest absolute Gasteiger partial charge is 0.496 e. The van der Waals surface area contributed by atoms with E-state index < -0.39 is 0 Å². The highest BCUT2D eigenvalue weighted by molar-refractivity contribution is 5.37. The van der Waals surface area contributed by atoms with Crippen LogP contribution < -0.4 is 10.1 Å². The molecule has 0 bridgehead atoms. The molecule has 1 saturated heterocycles. The van der Waals surface area contributed by atoms with Crippen LogP contribution >= 0.6 is 0 Å². The summed E-state index contributed by atoms with van der Waals surface area (Å²) in [4.78, 5) is 2.35. The number of methoxy groups -OCH3 is 1. The standard InChI is InChI=1S/C15H23FN2O/c1-4-18(12-8-9-17-10-12)11(2)15-13(16)6-5-7-14(15)19-3/h5-7,11-12,17H,4,8-10H2,1-3H3. The van der Waals surface area contributed by atoms with Crippen LogP contribution in [0.5, 0.6) is 5.75 Å². The van der Waals surface area contributed by atoms with Crippen molar-refractivity contribution in [1.82, 2.24) is 10.2 Å². The molecular weight excluding hydrogens is 243 g/mol. The third kappa shape index (κ3) is 2.90. The number of nitrogens with zero attached hydrogens (tertiary/aromatic N) is 1. The van der Waals surface area contributed by atoms with Crippen molar-refractivity contribution < 1.29 is 9.13 Å². The summed E-state index contributed by atoms with van der Waals surface area (Å²) in [6, 6.07) is 5.53. The van der Waals surface area contributed by atoms with E-state index >= 15 is 0 Å². The number of rotatable bonds is 5. The van der Waals surface area contributed by atoms with Crippen molar-refractivity contribution in [3.63, 3.8) is 0 Å². The zero-order valence-electron chi connectivity index (χ0n) is 11.9. The van der Waals surface area contributed by atoms with Gasteiger partial charge >= 0.3 is 0 Å². The Bertz CT molecular complexity index is 419. The maximum Gasteiger partial charge on any atom is 0.131 e. The number of benzene rings is 1. The fraction of sp³-hybridized carbons (Fsp3) is 0.600. The van der Waals surface area contributed by atoms with Crippen molar-refractivity contribution >= 4 is 0 Å². The maximum absolute atomic E-state index is 14.1. The highest BCUT2D eigenvalue weighted by Gasteiger charge is 2.28. The van der Waals surface area contributed by atoms with Gasteiger partial charge < -0.3 is 10.1 Å². The van der Waals surface area contributed by atoms with Crippen LogP contribution in [0.15, 0.2) is 18.2 Å². The van der Waals surface area contributed by atoms with Crippen LogP contribution in [0, 0.1) is 5.82 Å². The van der Waals surface area contributed by atoms with Crippen molar-refractivity contribution in [2.24, 2.45) is 0 Å². The molecule has 1 aromatic rings. The SMILES string of the molecule is CCN(C1CCNC1)C(C)c1c(F)cccc1OC. The Morgan fingerprint density at radius 2 is 2.32 bits per heavy atom. The average Bonchev–Trinajstić information content (AvgIpc) is 2.92. The van der Waals surface area contributed by atoms with Gasteiger partial charge in [-0.3, -0.25) is 4.90 Å². The van der Waals surface area contributed by atoms with Crippen molar-refractivity contribution in [3.8, 4) is 5.75 Å². The van der Waals surface area contributed by atoms with Gasteiger partial charge in [0.1, 0.15) is 11.6 Å². The van der Waals surface area contributed by atoms with Crippen LogP contribution in [-0.2, 0) is 0 Å². The Morgan fingerprint density at radius 1 is 1.53 bits per heavy atom. The summed E-state index contributed by atoms with van der Waals surface area (Å²) >= 11 is 0. The van der Waals surface area contributed by atoms with Gasteiger partial charge in [0, 0.05) is 24.2 Å². The highest BCUT2D eigenvalue weighted by Crippen LogP contribution is 2.33. The molecule has 0 saturated carbocycles. The van der Waals surface area contributed by atoms with Crippen molar-refractivity contribution in [3.05, 3.63) is 29.6 Å². The Balaban J connectivity index is 2.28. The highest BCUT2D eigenvalue weighted by atomic mass is 19.1. The molecule has 2 atom stereocenters. The molecule has 2 unspecified atom stereocenters. The van der Waals surface area contributed by atoms with Gasteiger partial charge in [0.25, 0.3) is 0 Å². The Labute approximate surface area is 114 Å². The lowest BCUT2D eigenvalue weighted by Crippen LogP contribution is -2.39. The molecule has 1 fully saturated rings. The van der Waals surface area contributed by atoms with Gasteiger partial charge in [-0.15, -0.1) is 0 Å². The van der Waals surface area contributed by atoms with Crippen LogP contribution in [0.4, 0.5) is 4.39 Å².